The van der Waals surface area contributed by atoms with Crippen LogP contribution in [0.1, 0.15) is 58.8 Å². The lowest BCUT2D eigenvalue weighted by Crippen LogP contribution is -2.89. The van der Waals surface area contributed by atoms with Crippen molar-refractivity contribution < 1.29 is 61.3 Å². The van der Waals surface area contributed by atoms with Crippen LogP contribution in [-0.4, -0.2) is 127 Å². The van der Waals surface area contributed by atoms with Gasteiger partial charge in [-0.2, -0.15) is 0 Å². The number of hydrogen-bond donors (Lipinski definition) is 12. The predicted octanol–water partition coefficient (Wildman–Crippen LogP) is -3.46. The Morgan fingerprint density at radius 1 is 0.868 bits per heavy atom. The number of aliphatic hydroxyl groups excluding tert-OH is 8. The summed E-state index contributed by atoms with van der Waals surface area (Å²) in [4.78, 5) is 0. The van der Waals surface area contributed by atoms with Crippen molar-refractivity contribution >= 4 is 0 Å². The quantitative estimate of drug-likeness (QED) is 0.144. The van der Waals surface area contributed by atoms with Gasteiger partial charge in [0.05, 0.1) is 42.5 Å². The zero-order chi connectivity index (χ0) is 28.5. The molecule has 4 fully saturated rings. The van der Waals surface area contributed by atoms with Crippen LogP contribution in [0, 0.1) is 35.5 Å². The molecule has 12 heteroatoms. The smallest absolute Gasteiger partial charge is 0.159 e. The van der Waals surface area contributed by atoms with Crippen LogP contribution < -0.4 is 0 Å². The van der Waals surface area contributed by atoms with E-state index in [1.165, 1.54) is 0 Å². The Labute approximate surface area is 221 Å². The van der Waals surface area contributed by atoms with Crippen LogP contribution in [0.3, 0.4) is 0 Å². The first-order chi connectivity index (χ1) is 17.6. The predicted molar refractivity (Wildman–Crippen MR) is 130 cm³/mol. The molecule has 12 N–H and O–H groups in total. The first kappa shape index (κ1) is 30.5. The Bertz CT molecular complexity index is 845. The minimum absolute atomic E-state index is 0.294. The van der Waals surface area contributed by atoms with Gasteiger partial charge in [0.15, 0.2) is 6.29 Å². The molecule has 0 aromatic rings. The van der Waals surface area contributed by atoms with Crippen LogP contribution in [0.15, 0.2) is 0 Å². The minimum atomic E-state index is -3.08. The van der Waals surface area contributed by atoms with E-state index in [9.17, 15) is 61.3 Å². The molecule has 4 rings (SSSR count). The van der Waals surface area contributed by atoms with Crippen LogP contribution >= 0.6 is 0 Å². The zero-order valence-corrected chi connectivity index (χ0v) is 21.9. The van der Waals surface area contributed by atoms with E-state index in [0.29, 0.717) is 25.7 Å². The molecule has 16 unspecified atom stereocenters. The highest BCUT2D eigenvalue weighted by atomic mass is 16.5. The molecule has 4 aliphatic rings. The third-order valence-electron chi connectivity index (χ3n) is 10.9. The summed E-state index contributed by atoms with van der Waals surface area (Å²) in [5.41, 5.74) is -8.37. The fourth-order valence-corrected chi connectivity index (χ4v) is 8.73. The zero-order valence-electron chi connectivity index (χ0n) is 21.9. The molecule has 0 aliphatic heterocycles. The molecule has 0 bridgehead atoms. The lowest BCUT2D eigenvalue weighted by Gasteiger charge is -2.70. The number of fused-ring (bicyclic) bond motifs is 3. The summed E-state index contributed by atoms with van der Waals surface area (Å²) in [7, 11) is 0. The summed E-state index contributed by atoms with van der Waals surface area (Å²) >= 11 is 0. The highest BCUT2D eigenvalue weighted by Gasteiger charge is 2.80. The van der Waals surface area contributed by atoms with E-state index < -0.39 is 102 Å². The maximum absolute atomic E-state index is 11.9. The molecule has 12 nitrogen and oxygen atoms in total. The van der Waals surface area contributed by atoms with Crippen LogP contribution in [0.4, 0.5) is 0 Å². The molecule has 0 heterocycles. The monoisotopic (exact) mass is 550 g/mol. The molecule has 4 saturated carbocycles. The van der Waals surface area contributed by atoms with Gasteiger partial charge in [-0.1, -0.05) is 26.7 Å². The largest absolute Gasteiger partial charge is 0.393 e. The third kappa shape index (κ3) is 4.03. The SMILES string of the molecule is CCCCC(O)CC1CCC2C(C1O)C(O)C1C(O)C3(O)C(O)C(C(O)O)C(O)CC3(O)C(O)C1(O)C2C. The second-order valence-corrected chi connectivity index (χ2v) is 12.6. The van der Waals surface area contributed by atoms with Gasteiger partial charge in [0.25, 0.3) is 0 Å². The Hall–Kier alpha value is -0.480. The van der Waals surface area contributed by atoms with Gasteiger partial charge in [-0.05, 0) is 43.4 Å². The van der Waals surface area contributed by atoms with E-state index in [1.807, 2.05) is 6.92 Å². The average molecular weight is 551 g/mol. The Kier molecular flexibility index (Phi) is 8.35. The summed E-state index contributed by atoms with van der Waals surface area (Å²) < 4.78 is 0. The van der Waals surface area contributed by atoms with Gasteiger partial charge in [-0.15, -0.1) is 0 Å². The van der Waals surface area contributed by atoms with Crippen molar-refractivity contribution in [3.8, 4) is 0 Å². The number of aliphatic hydroxyl groups is 12. The van der Waals surface area contributed by atoms with E-state index in [4.69, 9.17) is 0 Å². The fourth-order valence-electron chi connectivity index (χ4n) is 8.73. The molecule has 222 valence electrons. The van der Waals surface area contributed by atoms with Gasteiger partial charge in [0.1, 0.15) is 22.9 Å². The van der Waals surface area contributed by atoms with Crippen molar-refractivity contribution in [1.82, 2.24) is 0 Å². The molecule has 0 amide bonds. The van der Waals surface area contributed by atoms with E-state index in [-0.39, 0.29) is 5.92 Å². The number of hydrogen-bond acceptors (Lipinski definition) is 12. The fraction of sp³-hybridized carbons (Fsp3) is 1.00. The molecule has 0 saturated heterocycles. The van der Waals surface area contributed by atoms with Crippen molar-refractivity contribution in [2.75, 3.05) is 0 Å². The van der Waals surface area contributed by atoms with Crippen molar-refractivity contribution in [3.05, 3.63) is 0 Å². The van der Waals surface area contributed by atoms with E-state index in [1.54, 1.807) is 6.92 Å². The molecule has 0 radical (unpaired) electrons. The lowest BCUT2D eigenvalue weighted by molar-refractivity contribution is -0.409. The van der Waals surface area contributed by atoms with Gasteiger partial charge < -0.3 is 61.3 Å². The third-order valence-corrected chi connectivity index (χ3v) is 10.9. The molecular weight excluding hydrogens is 504 g/mol. The van der Waals surface area contributed by atoms with Crippen LogP contribution in [0.5, 0.6) is 0 Å². The second kappa shape index (κ2) is 10.4. The standard InChI is InChI=1S/C26H46O12/c1-3-4-5-12(27)8-11-6-7-13-10(2)25(37)17(19(30)15(13)18(11)29)21(32)26(38)20(31)16(22(33)34)14(28)9-24(26,36)23(25)35/h10-23,27-38H,3-9H2,1-2H3. The summed E-state index contributed by atoms with van der Waals surface area (Å²) in [6.45, 7) is 3.55. The van der Waals surface area contributed by atoms with Crippen molar-refractivity contribution in [2.45, 2.75) is 125 Å². The molecule has 38 heavy (non-hydrogen) atoms. The first-order valence-electron chi connectivity index (χ1n) is 13.9. The van der Waals surface area contributed by atoms with Crippen LogP contribution in [-0.2, 0) is 0 Å². The lowest BCUT2D eigenvalue weighted by atomic mass is 9.42. The van der Waals surface area contributed by atoms with Gasteiger partial charge in [-0.3, -0.25) is 0 Å². The molecule has 0 aromatic heterocycles. The molecule has 0 spiro atoms. The highest BCUT2D eigenvalue weighted by Crippen LogP contribution is 2.62. The number of unbranched alkanes of at least 4 members (excludes halogenated alkanes) is 1. The summed E-state index contributed by atoms with van der Waals surface area (Å²) in [5, 5.41) is 132. The minimum Gasteiger partial charge on any atom is -0.393 e. The van der Waals surface area contributed by atoms with E-state index in [2.05, 4.69) is 0 Å². The highest BCUT2D eigenvalue weighted by molar-refractivity contribution is 5.30. The van der Waals surface area contributed by atoms with Crippen molar-refractivity contribution in [3.63, 3.8) is 0 Å². The van der Waals surface area contributed by atoms with Crippen LogP contribution in [0.25, 0.3) is 0 Å². The van der Waals surface area contributed by atoms with E-state index in [0.717, 1.165) is 12.8 Å². The summed E-state index contributed by atoms with van der Waals surface area (Å²) in [5.74, 6) is -6.39. The number of rotatable bonds is 6. The van der Waals surface area contributed by atoms with Crippen molar-refractivity contribution in [1.29, 1.82) is 0 Å². The molecule has 0 aromatic carbocycles. The summed E-state index contributed by atoms with van der Waals surface area (Å²) in [6.07, 6.45) is -12.1. The van der Waals surface area contributed by atoms with Crippen LogP contribution in [0.2, 0.25) is 0 Å². The van der Waals surface area contributed by atoms with Gasteiger partial charge >= 0.3 is 0 Å². The summed E-state index contributed by atoms with van der Waals surface area (Å²) in [6, 6.07) is 0. The molecule has 4 aliphatic carbocycles. The van der Waals surface area contributed by atoms with Gasteiger partial charge in [0.2, 0.25) is 0 Å². The second-order valence-electron chi connectivity index (χ2n) is 12.6. The Balaban J connectivity index is 1.72. The Morgan fingerprint density at radius 2 is 1.50 bits per heavy atom. The normalized spacial score (nSPS) is 55.7. The molecular formula is C26H46O12. The van der Waals surface area contributed by atoms with Gasteiger partial charge in [-0.25, -0.2) is 0 Å². The van der Waals surface area contributed by atoms with E-state index >= 15 is 0 Å². The van der Waals surface area contributed by atoms with Gasteiger partial charge in [0, 0.05) is 18.3 Å². The topological polar surface area (TPSA) is 243 Å². The maximum Gasteiger partial charge on any atom is 0.159 e. The van der Waals surface area contributed by atoms with Crippen molar-refractivity contribution in [2.24, 2.45) is 35.5 Å². The average Bonchev–Trinajstić information content (AvgIpc) is 2.84. The maximum atomic E-state index is 11.9. The first-order valence-corrected chi connectivity index (χ1v) is 13.9. The molecule has 16 atom stereocenters. The Morgan fingerprint density at radius 3 is 2.08 bits per heavy atom.